The van der Waals surface area contributed by atoms with Crippen LogP contribution in [0.2, 0.25) is 0 Å². The molecule has 41 heavy (non-hydrogen) atoms. The molecule has 0 bridgehead atoms. The molecule has 1 saturated heterocycles. The van der Waals surface area contributed by atoms with Crippen LogP contribution in [0.1, 0.15) is 19.9 Å². The number of carbonyl (C=O) groups is 2. The van der Waals surface area contributed by atoms with E-state index in [0.717, 1.165) is 14.8 Å². The maximum Gasteiger partial charge on any atom is 0.332 e. The predicted molar refractivity (Wildman–Crippen MR) is 143 cm³/mol. The number of alkyl halides is 2. The highest BCUT2D eigenvalue weighted by Gasteiger charge is 2.71. The van der Waals surface area contributed by atoms with Gasteiger partial charge in [0.2, 0.25) is 5.91 Å². The minimum absolute atomic E-state index is 0.0599. The first kappa shape index (κ1) is 27.7. The van der Waals surface area contributed by atoms with E-state index in [9.17, 15) is 28.0 Å². The number of aryl methyl sites for hydroxylation is 1. The number of Topliss-reactive ketones (excluding diaryl/α,β-unsaturated/α-hetero) is 1. The molecule has 1 aliphatic heterocycles. The Hall–Kier alpha value is -4.82. The topological polar surface area (TPSA) is 164 Å². The SMILES string of the molecule is CC(=O)Cn1c(=O)c2c(ncn2[C@@H](C)C(N)=O)n(C)c1=O.FC1(F)C2CN(c3cnc(-c4ccccn4)cn3)CC21. The summed E-state index contributed by atoms with van der Waals surface area (Å²) in [5.74, 6) is -3.77. The Morgan fingerprint density at radius 3 is 2.34 bits per heavy atom. The summed E-state index contributed by atoms with van der Waals surface area (Å²) in [6.07, 6.45) is 6.24. The second-order valence-corrected chi connectivity index (χ2v) is 10.1. The number of imidazole rings is 1. The summed E-state index contributed by atoms with van der Waals surface area (Å²) < 4.78 is 29.6. The van der Waals surface area contributed by atoms with Gasteiger partial charge in [-0.1, -0.05) is 6.07 Å². The molecule has 0 spiro atoms. The average Bonchev–Trinajstić information content (AvgIpc) is 3.38. The monoisotopic (exact) mass is 567 g/mol. The van der Waals surface area contributed by atoms with Crippen molar-refractivity contribution in [2.45, 2.75) is 32.4 Å². The quantitative estimate of drug-likeness (QED) is 0.354. The molecule has 1 saturated carbocycles. The lowest BCUT2D eigenvalue weighted by Crippen LogP contribution is -2.41. The van der Waals surface area contributed by atoms with Gasteiger partial charge in [-0.3, -0.25) is 28.5 Å². The third kappa shape index (κ3) is 4.98. The molecule has 15 heteroatoms. The highest BCUT2D eigenvalue weighted by Crippen LogP contribution is 2.59. The molecule has 13 nitrogen and oxygen atoms in total. The molecule has 6 rings (SSSR count). The average molecular weight is 568 g/mol. The van der Waals surface area contributed by atoms with Crippen molar-refractivity contribution in [3.05, 3.63) is 64.0 Å². The van der Waals surface area contributed by atoms with Gasteiger partial charge >= 0.3 is 5.69 Å². The van der Waals surface area contributed by atoms with Crippen LogP contribution in [0, 0.1) is 11.8 Å². The van der Waals surface area contributed by atoms with Gasteiger partial charge in [0.05, 0.1) is 42.8 Å². The number of amides is 1. The molecule has 2 fully saturated rings. The molecule has 2 unspecified atom stereocenters. The van der Waals surface area contributed by atoms with E-state index in [0.29, 0.717) is 24.6 Å². The van der Waals surface area contributed by atoms with E-state index in [-0.39, 0.29) is 23.5 Å². The number of nitrogens with zero attached hydrogens (tertiary/aromatic N) is 8. The van der Waals surface area contributed by atoms with Crippen molar-refractivity contribution in [3.63, 3.8) is 0 Å². The summed E-state index contributed by atoms with van der Waals surface area (Å²) in [5, 5.41) is 0. The standard InChI is InChI=1S/C14H12F2N4.C12H15N5O4/c15-14(16)9-7-20(8-10(9)14)13-6-18-12(5-19-13)11-3-1-2-4-17-11;1-6(18)4-16-11(20)8-10(15(3)12(16)21)14-5-17(8)7(2)9(13)19/h1-6,9-10H,7-8H2;5,7H,4H2,1-3H3,(H2,13,19)/t;7-/m.0/s1. The second kappa shape index (κ2) is 10.3. The van der Waals surface area contributed by atoms with E-state index in [1.807, 2.05) is 23.1 Å². The number of fused-ring (bicyclic) bond motifs is 2. The van der Waals surface area contributed by atoms with E-state index in [1.165, 1.54) is 31.8 Å². The minimum Gasteiger partial charge on any atom is -0.368 e. The van der Waals surface area contributed by atoms with Crippen LogP contribution in [-0.4, -0.2) is 64.3 Å². The van der Waals surface area contributed by atoms with Crippen LogP contribution < -0.4 is 21.9 Å². The lowest BCUT2D eigenvalue weighted by Gasteiger charge is -2.20. The number of ketones is 1. The summed E-state index contributed by atoms with van der Waals surface area (Å²) in [7, 11) is 1.44. The Bertz CT molecular complexity index is 1740. The fourth-order valence-corrected chi connectivity index (χ4v) is 4.91. The van der Waals surface area contributed by atoms with Crippen molar-refractivity contribution >= 4 is 28.7 Å². The first-order chi connectivity index (χ1) is 19.4. The Kier molecular flexibility index (Phi) is 6.97. The Labute approximate surface area is 231 Å². The number of rotatable bonds is 6. The van der Waals surface area contributed by atoms with Crippen LogP contribution >= 0.6 is 0 Å². The number of aromatic nitrogens is 7. The van der Waals surface area contributed by atoms with Crippen LogP contribution in [0.3, 0.4) is 0 Å². The lowest BCUT2D eigenvalue weighted by molar-refractivity contribution is -0.120. The van der Waals surface area contributed by atoms with Crippen LogP contribution in [-0.2, 0) is 23.2 Å². The molecule has 5 heterocycles. The second-order valence-electron chi connectivity index (χ2n) is 10.1. The van der Waals surface area contributed by atoms with Crippen molar-refractivity contribution in [3.8, 4) is 11.4 Å². The highest BCUT2D eigenvalue weighted by atomic mass is 19.3. The van der Waals surface area contributed by atoms with Gasteiger partial charge in [-0.25, -0.2) is 28.5 Å². The summed E-state index contributed by atoms with van der Waals surface area (Å²) in [4.78, 5) is 65.7. The summed E-state index contributed by atoms with van der Waals surface area (Å²) >= 11 is 0. The van der Waals surface area contributed by atoms with Gasteiger partial charge in [0.1, 0.15) is 23.3 Å². The van der Waals surface area contributed by atoms with Gasteiger partial charge in [-0.15, -0.1) is 0 Å². The first-order valence-electron chi connectivity index (χ1n) is 12.7. The normalized spacial score (nSPS) is 19.3. The van der Waals surface area contributed by atoms with E-state index in [2.05, 4.69) is 19.9 Å². The molecule has 1 amide bonds. The van der Waals surface area contributed by atoms with Gasteiger partial charge in [-0.05, 0) is 26.0 Å². The number of primary amides is 1. The Morgan fingerprint density at radius 2 is 1.78 bits per heavy atom. The number of carbonyl (C=O) groups excluding carboxylic acids is 2. The maximum atomic E-state index is 13.1. The molecule has 0 aromatic carbocycles. The van der Waals surface area contributed by atoms with Gasteiger partial charge in [0, 0.05) is 26.3 Å². The summed E-state index contributed by atoms with van der Waals surface area (Å²) in [6, 6.07) is 4.77. The molecule has 214 valence electrons. The fraction of sp³-hybridized carbons (Fsp3) is 0.385. The van der Waals surface area contributed by atoms with E-state index in [1.54, 1.807) is 18.6 Å². The number of anilines is 1. The third-order valence-electron chi connectivity index (χ3n) is 7.36. The fourth-order valence-electron chi connectivity index (χ4n) is 4.91. The van der Waals surface area contributed by atoms with Crippen molar-refractivity contribution < 1.29 is 18.4 Å². The van der Waals surface area contributed by atoms with Gasteiger partial charge in [-0.2, -0.15) is 0 Å². The molecule has 2 aliphatic rings. The largest absolute Gasteiger partial charge is 0.368 e. The predicted octanol–water partition coefficient (Wildman–Crippen LogP) is 0.772. The van der Waals surface area contributed by atoms with Crippen LogP contribution in [0.5, 0.6) is 0 Å². The van der Waals surface area contributed by atoms with Crippen LogP contribution in [0.4, 0.5) is 14.6 Å². The number of hydrogen-bond donors (Lipinski definition) is 1. The number of pyridine rings is 1. The Morgan fingerprint density at radius 1 is 1.07 bits per heavy atom. The highest BCUT2D eigenvalue weighted by molar-refractivity contribution is 5.81. The zero-order valence-corrected chi connectivity index (χ0v) is 22.4. The van der Waals surface area contributed by atoms with Gasteiger partial charge in [0.25, 0.3) is 11.5 Å². The number of halogens is 2. The van der Waals surface area contributed by atoms with Gasteiger partial charge < -0.3 is 15.2 Å². The number of hydrogen-bond acceptors (Lipinski definition) is 9. The van der Waals surface area contributed by atoms with E-state index >= 15 is 0 Å². The summed E-state index contributed by atoms with van der Waals surface area (Å²) in [5.41, 5.74) is 5.56. The molecular weight excluding hydrogens is 540 g/mol. The Balaban J connectivity index is 0.000000165. The first-order valence-corrected chi connectivity index (χ1v) is 12.7. The molecule has 4 aromatic heterocycles. The zero-order valence-electron chi connectivity index (χ0n) is 22.4. The number of nitrogens with two attached hydrogens (primary N) is 1. The van der Waals surface area contributed by atoms with E-state index < -0.39 is 41.0 Å². The summed E-state index contributed by atoms with van der Waals surface area (Å²) in [6.45, 7) is 3.20. The minimum atomic E-state index is -2.46. The maximum absolute atomic E-state index is 13.1. The molecular formula is C26H27F2N9O4. The van der Waals surface area contributed by atoms with E-state index in [4.69, 9.17) is 5.73 Å². The van der Waals surface area contributed by atoms with Crippen molar-refractivity contribution in [2.75, 3.05) is 18.0 Å². The van der Waals surface area contributed by atoms with Crippen molar-refractivity contribution in [2.24, 2.45) is 24.6 Å². The van der Waals surface area contributed by atoms with Gasteiger partial charge in [0.15, 0.2) is 11.2 Å². The smallest absolute Gasteiger partial charge is 0.332 e. The van der Waals surface area contributed by atoms with Crippen molar-refractivity contribution in [1.29, 1.82) is 0 Å². The number of piperidine rings is 1. The molecule has 0 radical (unpaired) electrons. The molecule has 4 aromatic rings. The lowest BCUT2D eigenvalue weighted by atomic mass is 10.3. The zero-order chi connectivity index (χ0) is 29.6. The third-order valence-corrected chi connectivity index (χ3v) is 7.36. The molecule has 2 N–H and O–H groups in total. The molecule has 1 aliphatic carbocycles. The van der Waals surface area contributed by atoms with Crippen LogP contribution in [0.25, 0.3) is 22.6 Å². The van der Waals surface area contributed by atoms with Crippen molar-refractivity contribution in [1.82, 2.24) is 33.6 Å². The van der Waals surface area contributed by atoms with Crippen LogP contribution in [0.15, 0.2) is 52.7 Å². The molecule has 3 atom stereocenters.